The van der Waals surface area contributed by atoms with Crippen LogP contribution in [0.15, 0.2) is 22.7 Å². The molecule has 1 nitrogen and oxygen atoms in total. The van der Waals surface area contributed by atoms with E-state index < -0.39 is 0 Å². The van der Waals surface area contributed by atoms with Crippen molar-refractivity contribution in [1.29, 1.82) is 0 Å². The molecule has 1 unspecified atom stereocenters. The van der Waals surface area contributed by atoms with Gasteiger partial charge in [-0.3, -0.25) is 0 Å². The highest BCUT2D eigenvalue weighted by Gasteiger charge is 2.08. The van der Waals surface area contributed by atoms with E-state index in [1.165, 1.54) is 9.13 Å². The Bertz CT molecular complexity index is 275. The molecular formula is C9H11BrIN. The van der Waals surface area contributed by atoms with Crippen molar-refractivity contribution in [2.75, 3.05) is 0 Å². The first kappa shape index (κ1) is 10.5. The normalized spacial score (nSPS) is 13.0. The van der Waals surface area contributed by atoms with Gasteiger partial charge in [0.2, 0.25) is 0 Å². The Labute approximate surface area is 95.0 Å². The van der Waals surface area contributed by atoms with Crippen LogP contribution in [0, 0.1) is 3.57 Å². The van der Waals surface area contributed by atoms with Crippen LogP contribution in [-0.2, 0) is 0 Å². The third-order valence-corrected chi connectivity index (χ3v) is 4.35. The Balaban J connectivity index is 3.07. The zero-order valence-electron chi connectivity index (χ0n) is 6.85. The summed E-state index contributed by atoms with van der Waals surface area (Å²) in [5, 5.41) is 0. The van der Waals surface area contributed by atoms with Crippen molar-refractivity contribution in [3.63, 3.8) is 0 Å². The third-order valence-electron chi connectivity index (χ3n) is 1.82. The standard InChI is InChI=1S/C9H11BrIN/c1-2-8(12)6-4-3-5-7(11)9(6)10/h3-5,8H,2,12H2,1H3. The summed E-state index contributed by atoms with van der Waals surface area (Å²) in [7, 11) is 0. The molecule has 0 spiro atoms. The summed E-state index contributed by atoms with van der Waals surface area (Å²) in [6, 6.07) is 6.32. The minimum atomic E-state index is 0.147. The van der Waals surface area contributed by atoms with E-state index >= 15 is 0 Å². The second-order valence-corrected chi connectivity index (χ2v) is 4.61. The Morgan fingerprint density at radius 3 is 2.83 bits per heavy atom. The van der Waals surface area contributed by atoms with Crippen molar-refractivity contribution < 1.29 is 0 Å². The molecule has 0 fully saturated rings. The molecule has 0 aliphatic rings. The molecule has 0 heterocycles. The number of hydrogen-bond acceptors (Lipinski definition) is 1. The molecule has 0 aliphatic heterocycles. The predicted octanol–water partition coefficient (Wildman–Crippen LogP) is 3.46. The second kappa shape index (κ2) is 4.58. The second-order valence-electron chi connectivity index (χ2n) is 2.66. The van der Waals surface area contributed by atoms with Crippen LogP contribution in [0.1, 0.15) is 24.9 Å². The maximum absolute atomic E-state index is 5.93. The number of halogens is 2. The van der Waals surface area contributed by atoms with Crippen LogP contribution >= 0.6 is 38.5 Å². The molecule has 12 heavy (non-hydrogen) atoms. The summed E-state index contributed by atoms with van der Waals surface area (Å²) in [6.07, 6.45) is 0.971. The van der Waals surface area contributed by atoms with Crippen molar-refractivity contribution >= 4 is 38.5 Å². The summed E-state index contributed by atoms with van der Waals surface area (Å²) in [5.41, 5.74) is 7.13. The molecule has 1 rings (SSSR count). The zero-order valence-corrected chi connectivity index (χ0v) is 10.6. The molecule has 0 saturated carbocycles. The van der Waals surface area contributed by atoms with E-state index in [4.69, 9.17) is 5.73 Å². The van der Waals surface area contributed by atoms with Crippen molar-refractivity contribution in [2.24, 2.45) is 5.73 Å². The van der Waals surface area contributed by atoms with Gasteiger partial charge in [0.15, 0.2) is 0 Å². The Hall–Kier alpha value is 0.390. The summed E-state index contributed by atoms with van der Waals surface area (Å²) < 4.78 is 2.36. The van der Waals surface area contributed by atoms with E-state index in [2.05, 4.69) is 57.6 Å². The number of benzene rings is 1. The predicted molar refractivity (Wildman–Crippen MR) is 64.1 cm³/mol. The van der Waals surface area contributed by atoms with Crippen LogP contribution in [0.3, 0.4) is 0 Å². The van der Waals surface area contributed by atoms with E-state index in [9.17, 15) is 0 Å². The molecule has 0 radical (unpaired) electrons. The fourth-order valence-electron chi connectivity index (χ4n) is 1.03. The van der Waals surface area contributed by atoms with Crippen LogP contribution in [-0.4, -0.2) is 0 Å². The van der Waals surface area contributed by atoms with Gasteiger partial charge in [0.05, 0.1) is 0 Å². The third kappa shape index (κ3) is 2.20. The average molecular weight is 340 g/mol. The molecule has 2 N–H and O–H groups in total. The van der Waals surface area contributed by atoms with E-state index in [0.717, 1.165) is 10.9 Å². The SMILES string of the molecule is CCC(N)c1cccc(I)c1Br. The van der Waals surface area contributed by atoms with Gasteiger partial charge in [-0.05, 0) is 56.6 Å². The van der Waals surface area contributed by atoms with Gasteiger partial charge in [-0.1, -0.05) is 19.1 Å². The fraction of sp³-hybridized carbons (Fsp3) is 0.333. The molecule has 0 aromatic heterocycles. The van der Waals surface area contributed by atoms with Gasteiger partial charge in [0.1, 0.15) is 0 Å². The first-order valence-electron chi connectivity index (χ1n) is 3.86. The number of nitrogens with two attached hydrogens (primary N) is 1. The lowest BCUT2D eigenvalue weighted by Crippen LogP contribution is -2.09. The average Bonchev–Trinajstić information content (AvgIpc) is 2.08. The van der Waals surface area contributed by atoms with Crippen molar-refractivity contribution in [3.05, 3.63) is 31.8 Å². The first-order valence-corrected chi connectivity index (χ1v) is 5.73. The smallest absolute Gasteiger partial charge is 0.0356 e. The van der Waals surface area contributed by atoms with E-state index in [1.54, 1.807) is 0 Å². The van der Waals surface area contributed by atoms with Crippen LogP contribution < -0.4 is 5.73 Å². The molecular weight excluding hydrogens is 329 g/mol. The van der Waals surface area contributed by atoms with E-state index in [0.29, 0.717) is 0 Å². The molecule has 66 valence electrons. The summed E-state index contributed by atoms with van der Waals surface area (Å²) >= 11 is 5.83. The molecule has 3 heteroatoms. The maximum atomic E-state index is 5.93. The fourth-order valence-corrected chi connectivity index (χ4v) is 2.10. The van der Waals surface area contributed by atoms with Crippen molar-refractivity contribution in [3.8, 4) is 0 Å². The monoisotopic (exact) mass is 339 g/mol. The molecule has 1 aromatic rings. The lowest BCUT2D eigenvalue weighted by Gasteiger charge is -2.11. The van der Waals surface area contributed by atoms with Gasteiger partial charge in [-0.15, -0.1) is 0 Å². The first-order chi connectivity index (χ1) is 5.66. The Morgan fingerprint density at radius 1 is 1.58 bits per heavy atom. The quantitative estimate of drug-likeness (QED) is 0.820. The van der Waals surface area contributed by atoms with E-state index in [-0.39, 0.29) is 6.04 Å². The summed E-state index contributed by atoms with van der Waals surface area (Å²) in [6.45, 7) is 2.09. The largest absolute Gasteiger partial charge is 0.324 e. The van der Waals surface area contributed by atoms with Crippen LogP contribution in [0.5, 0.6) is 0 Å². The van der Waals surface area contributed by atoms with Crippen molar-refractivity contribution in [1.82, 2.24) is 0 Å². The summed E-state index contributed by atoms with van der Waals surface area (Å²) in [4.78, 5) is 0. The van der Waals surface area contributed by atoms with Gasteiger partial charge in [0, 0.05) is 14.1 Å². The lowest BCUT2D eigenvalue weighted by atomic mass is 10.1. The topological polar surface area (TPSA) is 26.0 Å². The van der Waals surface area contributed by atoms with Crippen molar-refractivity contribution in [2.45, 2.75) is 19.4 Å². The number of hydrogen-bond donors (Lipinski definition) is 1. The lowest BCUT2D eigenvalue weighted by molar-refractivity contribution is 0.695. The minimum absolute atomic E-state index is 0.147. The van der Waals surface area contributed by atoms with Gasteiger partial charge in [-0.2, -0.15) is 0 Å². The van der Waals surface area contributed by atoms with Gasteiger partial charge >= 0.3 is 0 Å². The van der Waals surface area contributed by atoms with Crippen LogP contribution in [0.4, 0.5) is 0 Å². The number of rotatable bonds is 2. The van der Waals surface area contributed by atoms with E-state index in [1.807, 2.05) is 6.07 Å². The van der Waals surface area contributed by atoms with Gasteiger partial charge < -0.3 is 5.73 Å². The maximum Gasteiger partial charge on any atom is 0.0356 e. The van der Waals surface area contributed by atoms with Gasteiger partial charge in [-0.25, -0.2) is 0 Å². The molecule has 1 aromatic carbocycles. The molecule has 0 amide bonds. The van der Waals surface area contributed by atoms with Crippen LogP contribution in [0.25, 0.3) is 0 Å². The highest BCUT2D eigenvalue weighted by Crippen LogP contribution is 2.28. The summed E-state index contributed by atoms with van der Waals surface area (Å²) in [5.74, 6) is 0. The Morgan fingerprint density at radius 2 is 2.25 bits per heavy atom. The minimum Gasteiger partial charge on any atom is -0.324 e. The Kier molecular flexibility index (Phi) is 3.99. The highest BCUT2D eigenvalue weighted by molar-refractivity contribution is 14.1. The van der Waals surface area contributed by atoms with Crippen LogP contribution in [0.2, 0.25) is 0 Å². The highest BCUT2D eigenvalue weighted by atomic mass is 127. The molecule has 1 atom stereocenters. The van der Waals surface area contributed by atoms with Gasteiger partial charge in [0.25, 0.3) is 0 Å². The molecule has 0 saturated heterocycles. The zero-order chi connectivity index (χ0) is 9.14. The molecule has 0 bridgehead atoms. The molecule has 0 aliphatic carbocycles.